The van der Waals surface area contributed by atoms with Crippen LogP contribution in [0.1, 0.15) is 35.0 Å². The Labute approximate surface area is 156 Å². The van der Waals surface area contributed by atoms with Crippen LogP contribution >= 0.6 is 11.3 Å². The first-order valence-electron chi connectivity index (χ1n) is 8.75. The molecule has 0 radical (unpaired) electrons. The number of piperidine rings is 1. The summed E-state index contributed by atoms with van der Waals surface area (Å²) >= 11 is 1.75. The van der Waals surface area contributed by atoms with Crippen molar-refractivity contribution >= 4 is 23.0 Å². The SMILES string of the molecule is Cc1ncsc1CN1CCC(c2nccnc2Nc2cnccn2)CC1. The van der Waals surface area contributed by atoms with Crippen molar-refractivity contribution in [3.05, 3.63) is 52.8 Å². The standard InChI is InChI=1S/C18H21N7S/c1-13-15(26-12-23-13)11-25-8-2-14(3-9-25)17-18(22-7-6-21-17)24-16-10-19-4-5-20-16/h4-7,10,12,14H,2-3,8-9,11H2,1H3,(H,20,22,24). The van der Waals surface area contributed by atoms with Crippen molar-refractivity contribution in [2.24, 2.45) is 0 Å². The van der Waals surface area contributed by atoms with Gasteiger partial charge in [-0.05, 0) is 32.9 Å². The number of rotatable bonds is 5. The quantitative estimate of drug-likeness (QED) is 0.742. The highest BCUT2D eigenvalue weighted by Crippen LogP contribution is 2.32. The zero-order valence-corrected chi connectivity index (χ0v) is 15.5. The van der Waals surface area contributed by atoms with Crippen LogP contribution in [0.4, 0.5) is 11.6 Å². The van der Waals surface area contributed by atoms with Gasteiger partial charge in [0.1, 0.15) is 5.82 Å². The Hall–Kier alpha value is -2.45. The molecule has 0 spiro atoms. The summed E-state index contributed by atoms with van der Waals surface area (Å²) in [5, 5.41) is 3.26. The first kappa shape index (κ1) is 17.0. The third kappa shape index (κ3) is 3.86. The Morgan fingerprint density at radius 3 is 2.62 bits per heavy atom. The van der Waals surface area contributed by atoms with Crippen molar-refractivity contribution in [3.8, 4) is 0 Å². The van der Waals surface area contributed by atoms with Gasteiger partial charge in [-0.15, -0.1) is 11.3 Å². The van der Waals surface area contributed by atoms with E-state index in [-0.39, 0.29) is 0 Å². The first-order valence-corrected chi connectivity index (χ1v) is 9.63. The maximum Gasteiger partial charge on any atom is 0.153 e. The summed E-state index contributed by atoms with van der Waals surface area (Å²) < 4.78 is 0. The second kappa shape index (κ2) is 7.84. The van der Waals surface area contributed by atoms with Gasteiger partial charge >= 0.3 is 0 Å². The summed E-state index contributed by atoms with van der Waals surface area (Å²) in [6, 6.07) is 0. The molecule has 1 aliphatic rings. The molecular formula is C18H21N7S. The topological polar surface area (TPSA) is 79.7 Å². The molecule has 0 aromatic carbocycles. The van der Waals surface area contributed by atoms with Gasteiger partial charge < -0.3 is 5.32 Å². The molecule has 0 unspecified atom stereocenters. The Bertz CT molecular complexity index is 844. The van der Waals surface area contributed by atoms with Gasteiger partial charge in [-0.2, -0.15) is 0 Å². The Morgan fingerprint density at radius 1 is 1.08 bits per heavy atom. The van der Waals surface area contributed by atoms with Gasteiger partial charge in [0.15, 0.2) is 5.82 Å². The molecule has 26 heavy (non-hydrogen) atoms. The van der Waals surface area contributed by atoms with Crippen LogP contribution in [-0.4, -0.2) is 42.9 Å². The molecule has 0 aliphatic carbocycles. The van der Waals surface area contributed by atoms with Crippen molar-refractivity contribution in [3.63, 3.8) is 0 Å². The number of thiazole rings is 1. The van der Waals surface area contributed by atoms with E-state index in [1.807, 2.05) is 5.51 Å². The van der Waals surface area contributed by atoms with Gasteiger partial charge in [0.05, 0.1) is 23.1 Å². The number of aromatic nitrogens is 5. The lowest BCUT2D eigenvalue weighted by molar-refractivity contribution is 0.204. The lowest BCUT2D eigenvalue weighted by Gasteiger charge is -2.31. The number of nitrogens with one attached hydrogen (secondary N) is 1. The van der Waals surface area contributed by atoms with E-state index in [2.05, 4.69) is 42.1 Å². The molecule has 1 N–H and O–H groups in total. The van der Waals surface area contributed by atoms with E-state index >= 15 is 0 Å². The van der Waals surface area contributed by atoms with Gasteiger partial charge in [-0.1, -0.05) is 0 Å². The minimum Gasteiger partial charge on any atom is -0.322 e. The zero-order chi connectivity index (χ0) is 17.8. The van der Waals surface area contributed by atoms with Gasteiger partial charge in [0.25, 0.3) is 0 Å². The van der Waals surface area contributed by atoms with E-state index in [1.54, 1.807) is 42.3 Å². The van der Waals surface area contributed by atoms with Crippen LogP contribution in [0, 0.1) is 6.92 Å². The average Bonchev–Trinajstić information content (AvgIpc) is 3.08. The third-order valence-corrected chi connectivity index (χ3v) is 5.64. The molecule has 134 valence electrons. The molecule has 0 saturated carbocycles. The van der Waals surface area contributed by atoms with Gasteiger partial charge in [-0.3, -0.25) is 14.9 Å². The maximum absolute atomic E-state index is 4.61. The summed E-state index contributed by atoms with van der Waals surface area (Å²) in [7, 11) is 0. The number of anilines is 2. The van der Waals surface area contributed by atoms with E-state index in [9.17, 15) is 0 Å². The minimum absolute atomic E-state index is 0.404. The van der Waals surface area contributed by atoms with Crippen LogP contribution < -0.4 is 5.32 Å². The predicted octanol–water partition coefficient (Wildman–Crippen LogP) is 3.15. The normalized spacial score (nSPS) is 15.9. The maximum atomic E-state index is 4.61. The molecule has 3 aromatic rings. The van der Waals surface area contributed by atoms with Gasteiger partial charge in [-0.25, -0.2) is 15.0 Å². The summed E-state index contributed by atoms with van der Waals surface area (Å²) in [5.74, 6) is 1.87. The number of aryl methyl sites for hydroxylation is 1. The fourth-order valence-corrected chi connectivity index (χ4v) is 4.09. The molecule has 7 nitrogen and oxygen atoms in total. The number of hydrogen-bond donors (Lipinski definition) is 1. The summed E-state index contributed by atoms with van der Waals surface area (Å²) in [6.45, 7) is 5.20. The second-order valence-corrected chi connectivity index (χ2v) is 7.36. The predicted molar refractivity (Wildman–Crippen MR) is 101 cm³/mol. The van der Waals surface area contributed by atoms with Crippen LogP contribution in [-0.2, 0) is 6.54 Å². The lowest BCUT2D eigenvalue weighted by atomic mass is 9.93. The van der Waals surface area contributed by atoms with Crippen molar-refractivity contribution in [1.29, 1.82) is 0 Å². The van der Waals surface area contributed by atoms with Crippen LogP contribution in [0.3, 0.4) is 0 Å². The molecule has 0 atom stereocenters. The third-order valence-electron chi connectivity index (χ3n) is 4.72. The zero-order valence-electron chi connectivity index (χ0n) is 14.7. The molecule has 8 heteroatoms. The highest BCUT2D eigenvalue weighted by atomic mass is 32.1. The molecule has 1 aliphatic heterocycles. The Kier molecular flexibility index (Phi) is 5.12. The Morgan fingerprint density at radius 2 is 1.88 bits per heavy atom. The smallest absolute Gasteiger partial charge is 0.153 e. The van der Waals surface area contributed by atoms with Gasteiger partial charge in [0, 0.05) is 42.1 Å². The minimum atomic E-state index is 0.404. The second-order valence-electron chi connectivity index (χ2n) is 6.42. The van der Waals surface area contributed by atoms with E-state index in [0.717, 1.165) is 49.7 Å². The van der Waals surface area contributed by atoms with Crippen molar-refractivity contribution < 1.29 is 0 Å². The average molecular weight is 367 g/mol. The van der Waals surface area contributed by atoms with Gasteiger partial charge in [0.2, 0.25) is 0 Å². The van der Waals surface area contributed by atoms with E-state index in [1.165, 1.54) is 4.88 Å². The number of likely N-dealkylation sites (tertiary alicyclic amines) is 1. The summed E-state index contributed by atoms with van der Waals surface area (Å²) in [6.07, 6.45) is 10.6. The van der Waals surface area contributed by atoms with Crippen molar-refractivity contribution in [2.75, 3.05) is 18.4 Å². The van der Waals surface area contributed by atoms with Crippen LogP contribution in [0.25, 0.3) is 0 Å². The van der Waals surface area contributed by atoms with E-state index in [0.29, 0.717) is 11.7 Å². The molecule has 0 bridgehead atoms. The molecule has 4 rings (SSSR count). The van der Waals surface area contributed by atoms with E-state index in [4.69, 9.17) is 0 Å². The van der Waals surface area contributed by atoms with Crippen molar-refractivity contribution in [2.45, 2.75) is 32.2 Å². The highest BCUT2D eigenvalue weighted by molar-refractivity contribution is 7.09. The number of hydrogen-bond acceptors (Lipinski definition) is 8. The Balaban J connectivity index is 1.42. The molecule has 1 fully saturated rings. The van der Waals surface area contributed by atoms with Crippen LogP contribution in [0.15, 0.2) is 36.5 Å². The largest absolute Gasteiger partial charge is 0.322 e. The summed E-state index contributed by atoms with van der Waals surface area (Å²) in [5.41, 5.74) is 4.11. The molecule has 4 heterocycles. The molecular weight excluding hydrogens is 346 g/mol. The van der Waals surface area contributed by atoms with Crippen LogP contribution in [0.5, 0.6) is 0 Å². The fraction of sp³-hybridized carbons (Fsp3) is 0.389. The van der Waals surface area contributed by atoms with Crippen LogP contribution in [0.2, 0.25) is 0 Å². The molecule has 1 saturated heterocycles. The number of nitrogens with zero attached hydrogens (tertiary/aromatic N) is 6. The highest BCUT2D eigenvalue weighted by Gasteiger charge is 2.25. The van der Waals surface area contributed by atoms with E-state index < -0.39 is 0 Å². The monoisotopic (exact) mass is 367 g/mol. The fourth-order valence-electron chi connectivity index (χ4n) is 3.27. The first-order chi connectivity index (χ1) is 12.8. The van der Waals surface area contributed by atoms with Crippen molar-refractivity contribution in [1.82, 2.24) is 29.8 Å². The summed E-state index contributed by atoms with van der Waals surface area (Å²) in [4.78, 5) is 25.7. The molecule has 0 amide bonds. The lowest BCUT2D eigenvalue weighted by Crippen LogP contribution is -2.32. The molecule has 3 aromatic heterocycles.